The largest absolute Gasteiger partial charge is 0.480 e. The van der Waals surface area contributed by atoms with E-state index in [2.05, 4.69) is 10.2 Å². The van der Waals surface area contributed by atoms with Crippen molar-refractivity contribution in [2.45, 2.75) is 39.2 Å². The molecule has 1 aromatic carbocycles. The number of aliphatic carboxylic acids is 1. The first-order valence-corrected chi connectivity index (χ1v) is 7.68. The summed E-state index contributed by atoms with van der Waals surface area (Å²) in [5.74, 6) is -0.941. The minimum atomic E-state index is -0.969. The Labute approximate surface area is 132 Å². The molecule has 1 amide bonds. The van der Waals surface area contributed by atoms with Crippen LogP contribution in [0.1, 0.15) is 33.1 Å². The van der Waals surface area contributed by atoms with Gasteiger partial charge in [-0.05, 0) is 30.9 Å². The smallest absolute Gasteiger partial charge is 0.326 e. The van der Waals surface area contributed by atoms with E-state index in [4.69, 9.17) is 5.11 Å². The second-order valence-corrected chi connectivity index (χ2v) is 5.95. The Hall–Kier alpha value is -2.04. The zero-order chi connectivity index (χ0) is 16.5. The van der Waals surface area contributed by atoms with E-state index in [1.54, 1.807) is 0 Å². The molecule has 0 saturated carbocycles. The van der Waals surface area contributed by atoms with Crippen LogP contribution in [0.3, 0.4) is 0 Å². The lowest BCUT2D eigenvalue weighted by atomic mass is 10.0. The van der Waals surface area contributed by atoms with Crippen molar-refractivity contribution < 1.29 is 14.7 Å². The quantitative estimate of drug-likeness (QED) is 0.735. The third-order valence-corrected chi connectivity index (χ3v) is 3.43. The first-order valence-electron chi connectivity index (χ1n) is 7.68. The number of carboxylic acids is 1. The fourth-order valence-electron chi connectivity index (χ4n) is 2.25. The second-order valence-electron chi connectivity index (χ2n) is 5.95. The van der Waals surface area contributed by atoms with Crippen molar-refractivity contribution in [2.24, 2.45) is 5.92 Å². The van der Waals surface area contributed by atoms with Crippen molar-refractivity contribution in [1.82, 2.24) is 5.32 Å². The van der Waals surface area contributed by atoms with Crippen LogP contribution in [0.15, 0.2) is 30.3 Å². The number of nitrogens with zero attached hydrogens (tertiary/aromatic N) is 1. The van der Waals surface area contributed by atoms with Gasteiger partial charge in [0.05, 0.1) is 0 Å². The number of nitrogens with one attached hydrogen (secondary N) is 1. The zero-order valence-electron chi connectivity index (χ0n) is 13.6. The predicted octanol–water partition coefficient (Wildman–Crippen LogP) is 2.52. The van der Waals surface area contributed by atoms with E-state index in [9.17, 15) is 9.59 Å². The highest BCUT2D eigenvalue weighted by Crippen LogP contribution is 2.11. The van der Waals surface area contributed by atoms with Crippen LogP contribution >= 0.6 is 0 Å². The van der Waals surface area contributed by atoms with Gasteiger partial charge in [-0.25, -0.2) is 4.79 Å². The summed E-state index contributed by atoms with van der Waals surface area (Å²) in [5.41, 5.74) is 1.10. The molecule has 0 aliphatic rings. The molecule has 1 aromatic rings. The first-order chi connectivity index (χ1) is 10.4. The van der Waals surface area contributed by atoms with Crippen molar-refractivity contribution in [3.8, 4) is 0 Å². The average Bonchev–Trinajstić information content (AvgIpc) is 2.46. The van der Waals surface area contributed by atoms with Crippen LogP contribution in [0.5, 0.6) is 0 Å². The molecule has 1 rings (SSSR count). The van der Waals surface area contributed by atoms with Gasteiger partial charge >= 0.3 is 5.97 Å². The Kier molecular flexibility index (Phi) is 7.43. The van der Waals surface area contributed by atoms with Crippen LogP contribution < -0.4 is 10.2 Å². The van der Waals surface area contributed by atoms with E-state index in [0.29, 0.717) is 19.3 Å². The van der Waals surface area contributed by atoms with Crippen LogP contribution in [-0.4, -0.2) is 36.6 Å². The minimum Gasteiger partial charge on any atom is -0.480 e. The van der Waals surface area contributed by atoms with Crippen molar-refractivity contribution in [2.75, 3.05) is 18.5 Å². The number of amides is 1. The fraction of sp³-hybridized carbons (Fsp3) is 0.529. The highest BCUT2D eigenvalue weighted by molar-refractivity contribution is 5.83. The predicted molar refractivity (Wildman–Crippen MR) is 88.0 cm³/mol. The number of hydrogen-bond donors (Lipinski definition) is 2. The molecule has 0 aliphatic carbocycles. The van der Waals surface area contributed by atoms with E-state index < -0.39 is 12.0 Å². The molecule has 0 radical (unpaired) electrons. The number of anilines is 1. The number of carboxylic acid groups (broad SMARTS) is 1. The molecule has 0 bridgehead atoms. The molecule has 5 heteroatoms. The Morgan fingerprint density at radius 1 is 1.23 bits per heavy atom. The van der Waals surface area contributed by atoms with E-state index >= 15 is 0 Å². The molecule has 22 heavy (non-hydrogen) atoms. The van der Waals surface area contributed by atoms with Crippen molar-refractivity contribution in [1.29, 1.82) is 0 Å². The summed E-state index contributed by atoms with van der Waals surface area (Å²) in [6.07, 6.45) is 1.47. The molecule has 5 nitrogen and oxygen atoms in total. The Balaban J connectivity index is 2.34. The molecule has 122 valence electrons. The van der Waals surface area contributed by atoms with Gasteiger partial charge in [-0.1, -0.05) is 32.0 Å². The molecule has 2 N–H and O–H groups in total. The topological polar surface area (TPSA) is 69.6 Å². The average molecular weight is 306 g/mol. The van der Waals surface area contributed by atoms with Gasteiger partial charge in [0.2, 0.25) is 5.91 Å². The van der Waals surface area contributed by atoms with Crippen LogP contribution in [0.4, 0.5) is 5.69 Å². The van der Waals surface area contributed by atoms with Gasteiger partial charge in [0, 0.05) is 25.7 Å². The maximum absolute atomic E-state index is 11.9. The molecule has 0 aromatic heterocycles. The summed E-state index contributed by atoms with van der Waals surface area (Å²) in [4.78, 5) is 25.1. The van der Waals surface area contributed by atoms with Gasteiger partial charge in [0.25, 0.3) is 0 Å². The summed E-state index contributed by atoms with van der Waals surface area (Å²) in [7, 11) is 1.98. The molecule has 0 aliphatic heterocycles. The van der Waals surface area contributed by atoms with E-state index in [1.165, 1.54) is 0 Å². The maximum Gasteiger partial charge on any atom is 0.326 e. The van der Waals surface area contributed by atoms with Crippen molar-refractivity contribution in [3.63, 3.8) is 0 Å². The standard InChI is InChI=1S/C17H26N2O3/c1-13(2)12-15(17(21)22)18-16(20)10-7-11-19(3)14-8-5-4-6-9-14/h4-6,8-9,13,15H,7,10-12H2,1-3H3,(H,18,20)(H,21,22). The zero-order valence-corrected chi connectivity index (χ0v) is 13.6. The summed E-state index contributed by atoms with van der Waals surface area (Å²) in [6.45, 7) is 4.63. The summed E-state index contributed by atoms with van der Waals surface area (Å²) in [6, 6.07) is 9.15. The second kappa shape index (κ2) is 9.07. The van der Waals surface area contributed by atoms with Gasteiger partial charge in [-0.15, -0.1) is 0 Å². The number of rotatable bonds is 9. The van der Waals surface area contributed by atoms with Crippen molar-refractivity contribution in [3.05, 3.63) is 30.3 Å². The Morgan fingerprint density at radius 2 is 1.86 bits per heavy atom. The Morgan fingerprint density at radius 3 is 2.41 bits per heavy atom. The molecule has 0 spiro atoms. The van der Waals surface area contributed by atoms with Gasteiger partial charge < -0.3 is 15.3 Å². The van der Waals surface area contributed by atoms with Gasteiger partial charge in [0.15, 0.2) is 0 Å². The third-order valence-electron chi connectivity index (χ3n) is 3.43. The van der Waals surface area contributed by atoms with Gasteiger partial charge in [-0.2, -0.15) is 0 Å². The molecular weight excluding hydrogens is 280 g/mol. The number of carbonyl (C=O) groups excluding carboxylic acids is 1. The molecule has 1 unspecified atom stereocenters. The molecule has 0 fully saturated rings. The Bertz CT molecular complexity index is 474. The maximum atomic E-state index is 11.9. The highest BCUT2D eigenvalue weighted by Gasteiger charge is 2.20. The number of benzene rings is 1. The normalized spacial score (nSPS) is 12.0. The summed E-state index contributed by atoms with van der Waals surface area (Å²) in [5, 5.41) is 11.7. The van der Waals surface area contributed by atoms with Crippen LogP contribution in [-0.2, 0) is 9.59 Å². The van der Waals surface area contributed by atoms with E-state index in [1.807, 2.05) is 51.2 Å². The van der Waals surface area contributed by atoms with Gasteiger partial charge in [-0.3, -0.25) is 4.79 Å². The lowest BCUT2D eigenvalue weighted by Crippen LogP contribution is -2.41. The summed E-state index contributed by atoms with van der Waals surface area (Å²) >= 11 is 0. The molecule has 0 saturated heterocycles. The third kappa shape index (κ3) is 6.61. The highest BCUT2D eigenvalue weighted by atomic mass is 16.4. The van der Waals surface area contributed by atoms with Crippen LogP contribution in [0.2, 0.25) is 0 Å². The van der Waals surface area contributed by atoms with E-state index in [0.717, 1.165) is 12.2 Å². The number of hydrogen-bond acceptors (Lipinski definition) is 3. The lowest BCUT2D eigenvalue weighted by molar-refractivity contribution is -0.142. The van der Waals surface area contributed by atoms with E-state index in [-0.39, 0.29) is 11.8 Å². The number of carbonyl (C=O) groups is 2. The lowest BCUT2D eigenvalue weighted by Gasteiger charge is -2.20. The molecular formula is C17H26N2O3. The molecule has 1 atom stereocenters. The molecule has 0 heterocycles. The van der Waals surface area contributed by atoms with Crippen LogP contribution in [0.25, 0.3) is 0 Å². The summed E-state index contributed by atoms with van der Waals surface area (Å²) < 4.78 is 0. The minimum absolute atomic E-state index is 0.200. The van der Waals surface area contributed by atoms with Crippen molar-refractivity contribution >= 4 is 17.6 Å². The van der Waals surface area contributed by atoms with Crippen LogP contribution in [0, 0.1) is 5.92 Å². The fourth-order valence-corrected chi connectivity index (χ4v) is 2.25. The SMILES string of the molecule is CC(C)CC(NC(=O)CCCN(C)c1ccccc1)C(=O)O. The monoisotopic (exact) mass is 306 g/mol. The number of para-hydroxylation sites is 1. The first kappa shape index (κ1) is 18.0. The van der Waals surface area contributed by atoms with Gasteiger partial charge in [0.1, 0.15) is 6.04 Å².